The van der Waals surface area contributed by atoms with Gasteiger partial charge in [0.25, 0.3) is 5.91 Å². The Morgan fingerprint density at radius 1 is 1.32 bits per heavy atom. The molecule has 104 valence electrons. The van der Waals surface area contributed by atoms with E-state index in [1.807, 2.05) is 24.3 Å². The smallest absolute Gasteiger partial charge is 0.252 e. The molecule has 3 heteroatoms. The average Bonchev–Trinajstić information content (AvgIpc) is 2.26. The van der Waals surface area contributed by atoms with Crippen molar-refractivity contribution in [3.8, 4) is 0 Å². The van der Waals surface area contributed by atoms with Crippen LogP contribution >= 0.6 is 15.9 Å². The van der Waals surface area contributed by atoms with Crippen molar-refractivity contribution in [3.63, 3.8) is 0 Å². The molecule has 1 aliphatic carbocycles. The van der Waals surface area contributed by atoms with Crippen LogP contribution in [0.15, 0.2) is 28.7 Å². The lowest BCUT2D eigenvalue weighted by Gasteiger charge is -2.39. The van der Waals surface area contributed by atoms with Crippen LogP contribution in [0.2, 0.25) is 0 Å². The predicted molar refractivity (Wildman–Crippen MR) is 82.2 cm³/mol. The van der Waals surface area contributed by atoms with Crippen LogP contribution in [-0.4, -0.2) is 11.9 Å². The van der Waals surface area contributed by atoms with Gasteiger partial charge >= 0.3 is 0 Å². The molecule has 0 aromatic heterocycles. The number of rotatable bonds is 2. The lowest BCUT2D eigenvalue weighted by molar-refractivity contribution is 0.0873. The van der Waals surface area contributed by atoms with Crippen molar-refractivity contribution in [2.45, 2.75) is 46.1 Å². The second kappa shape index (κ2) is 5.66. The van der Waals surface area contributed by atoms with Gasteiger partial charge in [-0.1, -0.05) is 32.9 Å². The first-order valence-electron chi connectivity index (χ1n) is 6.93. The third-order valence-corrected chi connectivity index (χ3v) is 4.53. The van der Waals surface area contributed by atoms with Crippen molar-refractivity contribution in [1.82, 2.24) is 5.32 Å². The van der Waals surface area contributed by atoms with Gasteiger partial charge in [-0.25, -0.2) is 0 Å². The quantitative estimate of drug-likeness (QED) is 0.859. The van der Waals surface area contributed by atoms with Crippen LogP contribution in [0.4, 0.5) is 0 Å². The Morgan fingerprint density at radius 3 is 2.63 bits per heavy atom. The minimum Gasteiger partial charge on any atom is -0.349 e. The van der Waals surface area contributed by atoms with Crippen LogP contribution < -0.4 is 5.32 Å². The third-order valence-electron chi connectivity index (χ3n) is 3.84. The van der Waals surface area contributed by atoms with E-state index in [1.54, 1.807) is 0 Å². The van der Waals surface area contributed by atoms with Crippen LogP contribution in [0.5, 0.6) is 0 Å². The molecule has 1 fully saturated rings. The van der Waals surface area contributed by atoms with Gasteiger partial charge in [0.2, 0.25) is 0 Å². The van der Waals surface area contributed by atoms with E-state index in [0.29, 0.717) is 17.4 Å². The van der Waals surface area contributed by atoms with Gasteiger partial charge in [0.05, 0.1) is 5.56 Å². The first kappa shape index (κ1) is 14.6. The van der Waals surface area contributed by atoms with Gasteiger partial charge in [-0.2, -0.15) is 0 Å². The molecule has 1 N–H and O–H groups in total. The minimum absolute atomic E-state index is 0.0300. The van der Waals surface area contributed by atoms with E-state index in [9.17, 15) is 4.79 Å². The Hall–Kier alpha value is -0.830. The first-order chi connectivity index (χ1) is 8.87. The first-order valence-corrected chi connectivity index (χ1v) is 7.72. The van der Waals surface area contributed by atoms with Gasteiger partial charge in [-0.3, -0.25) is 4.79 Å². The normalized spacial score (nSPS) is 25.9. The third kappa shape index (κ3) is 3.82. The van der Waals surface area contributed by atoms with Crippen molar-refractivity contribution in [2.75, 3.05) is 0 Å². The maximum atomic E-state index is 12.3. The van der Waals surface area contributed by atoms with Crippen molar-refractivity contribution in [3.05, 3.63) is 34.3 Å². The molecule has 0 aliphatic heterocycles. The molecule has 19 heavy (non-hydrogen) atoms. The maximum Gasteiger partial charge on any atom is 0.252 e. The Kier molecular flexibility index (Phi) is 4.34. The van der Waals surface area contributed by atoms with E-state index in [4.69, 9.17) is 0 Å². The number of amides is 1. The zero-order chi connectivity index (χ0) is 14.0. The van der Waals surface area contributed by atoms with E-state index in [2.05, 4.69) is 42.0 Å². The molecular weight excluding hydrogens is 302 g/mol. The van der Waals surface area contributed by atoms with Gasteiger partial charge in [0.15, 0.2) is 0 Å². The summed E-state index contributed by atoms with van der Waals surface area (Å²) >= 11 is 3.44. The fourth-order valence-electron chi connectivity index (χ4n) is 3.36. The number of carbonyl (C=O) groups is 1. The highest BCUT2D eigenvalue weighted by molar-refractivity contribution is 9.10. The zero-order valence-corrected chi connectivity index (χ0v) is 13.5. The fraction of sp³-hybridized carbons (Fsp3) is 0.562. The van der Waals surface area contributed by atoms with Gasteiger partial charge in [0.1, 0.15) is 0 Å². The molecule has 1 aliphatic rings. The number of nitrogens with one attached hydrogen (secondary N) is 1. The second-order valence-corrected chi connectivity index (χ2v) is 7.42. The highest BCUT2D eigenvalue weighted by Gasteiger charge is 2.32. The second-order valence-electron chi connectivity index (χ2n) is 6.56. The summed E-state index contributed by atoms with van der Waals surface area (Å²) < 4.78 is 0.857. The lowest BCUT2D eigenvalue weighted by atomic mass is 9.70. The van der Waals surface area contributed by atoms with Gasteiger partial charge in [-0.15, -0.1) is 0 Å². The molecule has 2 nitrogen and oxygen atoms in total. The molecule has 1 amide bonds. The van der Waals surface area contributed by atoms with Gasteiger partial charge < -0.3 is 5.32 Å². The number of hydrogen-bond donors (Lipinski definition) is 1. The van der Waals surface area contributed by atoms with Crippen LogP contribution in [-0.2, 0) is 0 Å². The molecule has 0 spiro atoms. The topological polar surface area (TPSA) is 29.1 Å². The Labute approximate surface area is 124 Å². The number of halogens is 1. The lowest BCUT2D eigenvalue weighted by Crippen LogP contribution is -2.43. The summed E-state index contributed by atoms with van der Waals surface area (Å²) in [4.78, 5) is 12.3. The van der Waals surface area contributed by atoms with Crippen molar-refractivity contribution in [2.24, 2.45) is 11.3 Å². The number of carbonyl (C=O) groups excluding carboxylic acids is 1. The van der Waals surface area contributed by atoms with Crippen LogP contribution in [0.25, 0.3) is 0 Å². The Morgan fingerprint density at radius 2 is 2.00 bits per heavy atom. The Bertz CT molecular complexity index is 470. The molecule has 2 rings (SSSR count). The van der Waals surface area contributed by atoms with E-state index in [1.165, 1.54) is 6.42 Å². The van der Waals surface area contributed by atoms with E-state index >= 15 is 0 Å². The minimum atomic E-state index is 0.0300. The fourth-order valence-corrected chi connectivity index (χ4v) is 3.83. The molecule has 0 bridgehead atoms. The van der Waals surface area contributed by atoms with E-state index in [0.717, 1.165) is 22.9 Å². The zero-order valence-electron chi connectivity index (χ0n) is 11.9. The molecule has 1 aromatic rings. The number of benzene rings is 1. The standard InChI is InChI=1S/C16H22BrNO/c1-11-8-12(10-16(2,3)9-11)18-15(19)13-6-4-5-7-14(13)17/h4-7,11-12H,8-10H2,1-3H3,(H,18,19)/t11-,12-/m1/s1. The summed E-state index contributed by atoms with van der Waals surface area (Å²) in [5.74, 6) is 0.704. The summed E-state index contributed by atoms with van der Waals surface area (Å²) in [5, 5.41) is 3.19. The highest BCUT2D eigenvalue weighted by atomic mass is 79.9. The summed E-state index contributed by atoms with van der Waals surface area (Å²) in [6.45, 7) is 6.86. The predicted octanol–water partition coefficient (Wildman–Crippen LogP) is 4.39. The molecule has 1 aromatic carbocycles. The van der Waals surface area contributed by atoms with Gasteiger partial charge in [-0.05, 0) is 58.7 Å². The Balaban J connectivity index is 2.05. The summed E-state index contributed by atoms with van der Waals surface area (Å²) in [6, 6.07) is 7.87. The summed E-state index contributed by atoms with van der Waals surface area (Å²) in [5.41, 5.74) is 1.04. The monoisotopic (exact) mass is 323 g/mol. The van der Waals surface area contributed by atoms with E-state index in [-0.39, 0.29) is 5.91 Å². The molecule has 2 atom stereocenters. The maximum absolute atomic E-state index is 12.3. The van der Waals surface area contributed by atoms with Crippen molar-refractivity contribution in [1.29, 1.82) is 0 Å². The molecular formula is C16H22BrNO. The van der Waals surface area contributed by atoms with Crippen LogP contribution in [0.1, 0.15) is 50.4 Å². The van der Waals surface area contributed by atoms with Gasteiger partial charge in [0, 0.05) is 10.5 Å². The molecule has 0 heterocycles. The molecule has 0 saturated heterocycles. The van der Waals surface area contributed by atoms with Crippen molar-refractivity contribution < 1.29 is 4.79 Å². The summed E-state index contributed by atoms with van der Waals surface area (Å²) in [6.07, 6.45) is 3.39. The van der Waals surface area contributed by atoms with Crippen LogP contribution in [0, 0.1) is 11.3 Å². The summed E-state index contributed by atoms with van der Waals surface area (Å²) in [7, 11) is 0. The average molecular weight is 324 g/mol. The SMILES string of the molecule is C[C@@H]1C[C@@H](NC(=O)c2ccccc2Br)CC(C)(C)C1. The molecule has 0 unspecified atom stereocenters. The van der Waals surface area contributed by atoms with E-state index < -0.39 is 0 Å². The molecule has 1 saturated carbocycles. The van der Waals surface area contributed by atoms with Crippen molar-refractivity contribution >= 4 is 21.8 Å². The molecule has 0 radical (unpaired) electrons. The highest BCUT2D eigenvalue weighted by Crippen LogP contribution is 2.38. The largest absolute Gasteiger partial charge is 0.349 e. The van der Waals surface area contributed by atoms with Crippen LogP contribution in [0.3, 0.4) is 0 Å². The number of hydrogen-bond acceptors (Lipinski definition) is 1.